The number of ether oxygens (including phenoxy) is 12. The van der Waals surface area contributed by atoms with Crippen LogP contribution in [0.15, 0.2) is 118 Å². The topological polar surface area (TPSA) is 200 Å². The molecule has 0 radical (unpaired) electrons. The third kappa shape index (κ3) is 16.6. The van der Waals surface area contributed by atoms with Crippen LogP contribution in [0, 0.1) is 13.8 Å². The van der Waals surface area contributed by atoms with E-state index in [9.17, 15) is 0 Å². The highest BCUT2D eigenvalue weighted by Gasteiger charge is 2.39. The maximum atomic E-state index is 8.60. The molecule has 0 aliphatic carbocycles. The zero-order chi connectivity index (χ0) is 62.6. The van der Waals surface area contributed by atoms with Gasteiger partial charge >= 0.3 is 0 Å². The Bertz CT molecular complexity index is 3330. The highest BCUT2D eigenvalue weighted by Crippen LogP contribution is 2.45. The molecule has 1 N–H and O–H groups in total. The van der Waals surface area contributed by atoms with Gasteiger partial charge in [-0.1, -0.05) is 48.9 Å². The Hall–Kier alpha value is -9.17. The number of benzene rings is 6. The molecule has 20 heteroatoms. The SMILES string of the molecule is C=Cc1cc(OC)c(OC)c(OC)c1.COc1ccc(-c2cc(-c3cc(OC)c(OC)c(OC)c3)on2)cc1C.COc1ccc(/C=N\O)cc1O[Si](C)(C)C(C)(C)C.COc1ccc(C2=NOC(c3cc(OC)c(OC)c(OC)c3)C2)cc1C. The molecule has 0 bridgehead atoms. The number of methoxy groups -OCH3 is 12. The minimum Gasteiger partial charge on any atom is -0.541 e. The fraction of sp³-hybridized carbons (Fsp3) is 0.338. The number of hydrogen-bond acceptors (Lipinski definition) is 19. The molecule has 0 spiro atoms. The molecule has 1 atom stereocenters. The molecule has 2 heterocycles. The van der Waals surface area contributed by atoms with Gasteiger partial charge in [-0.05, 0) is 151 Å². The van der Waals surface area contributed by atoms with Crippen LogP contribution in [-0.2, 0) is 4.84 Å². The Kier molecular flexibility index (Phi) is 24.2. The van der Waals surface area contributed by atoms with Crippen LogP contribution in [0.4, 0.5) is 0 Å². The lowest BCUT2D eigenvalue weighted by molar-refractivity contribution is 0.0853. The molecule has 0 fully saturated rings. The van der Waals surface area contributed by atoms with Gasteiger partial charge in [-0.3, -0.25) is 0 Å². The van der Waals surface area contributed by atoms with Crippen LogP contribution in [-0.4, -0.2) is 116 Å². The summed E-state index contributed by atoms with van der Waals surface area (Å²) in [7, 11) is 17.3. The number of hydrogen-bond donors (Lipinski definition) is 1. The largest absolute Gasteiger partial charge is 0.541 e. The third-order valence-electron chi connectivity index (χ3n) is 14.1. The molecule has 85 heavy (non-hydrogen) atoms. The van der Waals surface area contributed by atoms with Gasteiger partial charge in [-0.15, -0.1) is 0 Å². The van der Waals surface area contributed by atoms with E-state index in [4.69, 9.17) is 75.8 Å². The summed E-state index contributed by atoms with van der Waals surface area (Å²) in [6.45, 7) is 18.6. The molecule has 0 amide bonds. The van der Waals surface area contributed by atoms with Gasteiger partial charge in [-0.25, -0.2) is 0 Å². The van der Waals surface area contributed by atoms with E-state index in [1.165, 1.54) is 6.21 Å². The molecule has 456 valence electrons. The van der Waals surface area contributed by atoms with E-state index in [2.05, 4.69) is 62.0 Å². The van der Waals surface area contributed by atoms with E-state index >= 15 is 0 Å². The maximum Gasteiger partial charge on any atom is 0.250 e. The summed E-state index contributed by atoms with van der Waals surface area (Å²) in [5.74, 6) is 8.96. The maximum absolute atomic E-state index is 8.60. The van der Waals surface area contributed by atoms with Gasteiger partial charge in [0.15, 0.2) is 52.1 Å². The van der Waals surface area contributed by atoms with E-state index < -0.39 is 8.32 Å². The normalized spacial score (nSPS) is 12.5. The van der Waals surface area contributed by atoms with Crippen molar-refractivity contribution in [3.05, 3.63) is 137 Å². The van der Waals surface area contributed by atoms with E-state index in [-0.39, 0.29) is 11.1 Å². The van der Waals surface area contributed by atoms with E-state index in [1.54, 1.807) is 91.4 Å². The Morgan fingerprint density at radius 1 is 0.518 bits per heavy atom. The smallest absolute Gasteiger partial charge is 0.250 e. The number of aryl methyl sites for hydroxylation is 2. The molecule has 7 aromatic rings. The van der Waals surface area contributed by atoms with Gasteiger partial charge < -0.3 is 75.8 Å². The van der Waals surface area contributed by atoms with E-state index in [1.807, 2.05) is 105 Å². The molecular formula is C65H81N3O16Si. The van der Waals surface area contributed by atoms with Crippen molar-refractivity contribution in [1.82, 2.24) is 5.16 Å². The lowest BCUT2D eigenvalue weighted by atomic mass is 9.98. The molecule has 0 saturated heterocycles. The summed E-state index contributed by atoms with van der Waals surface area (Å²) in [6.07, 6.45) is 3.55. The van der Waals surface area contributed by atoms with Gasteiger partial charge in [0.25, 0.3) is 8.32 Å². The molecule has 0 saturated carbocycles. The quantitative estimate of drug-likeness (QED) is 0.0327. The molecule has 8 rings (SSSR count). The molecule has 1 unspecified atom stereocenters. The molecule has 1 aliphatic rings. The van der Waals surface area contributed by atoms with Gasteiger partial charge in [-0.2, -0.15) is 0 Å². The fourth-order valence-electron chi connectivity index (χ4n) is 8.45. The Balaban J connectivity index is 0.000000213. The first-order chi connectivity index (χ1) is 40.7. The number of nitrogens with zero attached hydrogens (tertiary/aromatic N) is 3. The van der Waals surface area contributed by atoms with Crippen LogP contribution >= 0.6 is 0 Å². The molecular weight excluding hydrogens is 1110 g/mol. The summed E-state index contributed by atoms with van der Waals surface area (Å²) in [6, 6.07) is 30.3. The summed E-state index contributed by atoms with van der Waals surface area (Å²) in [5, 5.41) is 20.2. The summed E-state index contributed by atoms with van der Waals surface area (Å²) < 4.78 is 75.6. The van der Waals surface area contributed by atoms with Crippen LogP contribution in [0.3, 0.4) is 0 Å². The van der Waals surface area contributed by atoms with Gasteiger partial charge in [0.2, 0.25) is 17.2 Å². The Morgan fingerprint density at radius 3 is 1.39 bits per heavy atom. The van der Waals surface area contributed by atoms with Gasteiger partial charge in [0, 0.05) is 29.2 Å². The van der Waals surface area contributed by atoms with Crippen LogP contribution in [0.1, 0.15) is 66.7 Å². The minimum atomic E-state index is -1.93. The number of oxime groups is 2. The third-order valence-corrected chi connectivity index (χ3v) is 18.4. The van der Waals surface area contributed by atoms with Crippen molar-refractivity contribution in [3.8, 4) is 97.3 Å². The highest BCUT2D eigenvalue weighted by atomic mass is 28.4. The predicted octanol–water partition coefficient (Wildman–Crippen LogP) is 14.5. The highest BCUT2D eigenvalue weighted by molar-refractivity contribution is 6.74. The monoisotopic (exact) mass is 1190 g/mol. The molecule has 1 aliphatic heterocycles. The lowest BCUT2D eigenvalue weighted by Crippen LogP contribution is -2.43. The molecule has 19 nitrogen and oxygen atoms in total. The van der Waals surface area contributed by atoms with E-state index in [0.29, 0.717) is 75.4 Å². The average Bonchev–Trinajstić information content (AvgIpc) is 4.29. The Labute approximate surface area is 500 Å². The average molecular weight is 1190 g/mol. The standard InChI is InChI=1S/C20H23NO5.C20H21NO5.C14H23NO3Si.C11H14O3/c2*1-12-8-13(6-7-16(12)22-2)15-11-17(26-21-15)14-9-18(23-3)20(25-5)19(10-14)24-4;1-14(2,3)19(5,6)18-13-9-11(10-15-16)7-8-12(13)17-4;1-5-8-6-9(12-2)11(14-4)10(7-8)13-3/h6-10,17H,11H2,1-5H3;6-11H,1-5H3;7-10,16H,1-6H3;5-7H,1H2,2-4H3/b;;15-10-;. The second kappa shape index (κ2) is 30.9. The zero-order valence-corrected chi connectivity index (χ0v) is 53.3. The zero-order valence-electron chi connectivity index (χ0n) is 52.3. The van der Waals surface area contributed by atoms with Crippen molar-refractivity contribution in [2.75, 3.05) is 85.3 Å². The van der Waals surface area contributed by atoms with Crippen molar-refractivity contribution in [2.45, 2.75) is 65.3 Å². The van der Waals surface area contributed by atoms with Crippen LogP contribution in [0.5, 0.6) is 74.7 Å². The van der Waals surface area contributed by atoms with Crippen molar-refractivity contribution in [3.63, 3.8) is 0 Å². The van der Waals surface area contributed by atoms with E-state index in [0.717, 1.165) is 67.4 Å². The first-order valence-corrected chi connectivity index (χ1v) is 29.7. The summed E-state index contributed by atoms with van der Waals surface area (Å²) in [5.41, 5.74) is 9.10. The first-order valence-electron chi connectivity index (χ1n) is 26.8. The minimum absolute atomic E-state index is 0.110. The van der Waals surface area contributed by atoms with Crippen molar-refractivity contribution in [1.29, 1.82) is 0 Å². The van der Waals surface area contributed by atoms with Crippen molar-refractivity contribution < 1.29 is 75.8 Å². The summed E-state index contributed by atoms with van der Waals surface area (Å²) >= 11 is 0. The second-order valence-corrected chi connectivity index (χ2v) is 25.1. The van der Waals surface area contributed by atoms with Crippen LogP contribution < -0.4 is 61.3 Å². The van der Waals surface area contributed by atoms with Crippen molar-refractivity contribution >= 4 is 26.3 Å². The Morgan fingerprint density at radius 2 is 0.953 bits per heavy atom. The number of rotatable bonds is 20. The number of aromatic nitrogens is 1. The first kappa shape index (κ1) is 66.6. The fourth-order valence-corrected chi connectivity index (χ4v) is 9.46. The predicted molar refractivity (Wildman–Crippen MR) is 334 cm³/mol. The second-order valence-electron chi connectivity index (χ2n) is 20.3. The van der Waals surface area contributed by atoms with Crippen LogP contribution in [0.25, 0.3) is 28.7 Å². The van der Waals surface area contributed by atoms with Gasteiger partial charge in [0.05, 0.1) is 97.2 Å². The van der Waals surface area contributed by atoms with Crippen LogP contribution in [0.2, 0.25) is 18.1 Å². The molecule has 1 aromatic heterocycles. The van der Waals surface area contributed by atoms with Crippen molar-refractivity contribution in [2.24, 2.45) is 10.3 Å². The van der Waals surface area contributed by atoms with Gasteiger partial charge in [0.1, 0.15) is 22.9 Å². The molecule has 6 aromatic carbocycles. The summed E-state index contributed by atoms with van der Waals surface area (Å²) in [4.78, 5) is 5.68. The lowest BCUT2D eigenvalue weighted by Gasteiger charge is -2.36.